The van der Waals surface area contributed by atoms with Crippen LogP contribution >= 0.6 is 0 Å². The fourth-order valence-corrected chi connectivity index (χ4v) is 3.51. The fourth-order valence-electron chi connectivity index (χ4n) is 3.51. The minimum absolute atomic E-state index is 0.100. The molecule has 1 amide bonds. The normalized spacial score (nSPS) is 14.1. The van der Waals surface area contributed by atoms with E-state index in [-0.39, 0.29) is 17.8 Å². The van der Waals surface area contributed by atoms with Crippen molar-refractivity contribution in [3.8, 4) is 5.69 Å². The van der Waals surface area contributed by atoms with Gasteiger partial charge >= 0.3 is 0 Å². The molecule has 0 unspecified atom stereocenters. The first-order chi connectivity index (χ1) is 12.6. The summed E-state index contributed by atoms with van der Waals surface area (Å²) in [5, 5.41) is 7.60. The van der Waals surface area contributed by atoms with Crippen molar-refractivity contribution in [1.29, 1.82) is 0 Å². The van der Waals surface area contributed by atoms with Gasteiger partial charge in [0.05, 0.1) is 11.7 Å². The minimum atomic E-state index is -0.285. The zero-order valence-corrected chi connectivity index (χ0v) is 14.6. The van der Waals surface area contributed by atoms with Gasteiger partial charge in [-0.05, 0) is 56.0 Å². The van der Waals surface area contributed by atoms with Gasteiger partial charge in [-0.2, -0.15) is 5.10 Å². The van der Waals surface area contributed by atoms with Crippen LogP contribution in [0.25, 0.3) is 5.69 Å². The van der Waals surface area contributed by atoms with Crippen molar-refractivity contribution in [3.63, 3.8) is 0 Å². The van der Waals surface area contributed by atoms with Gasteiger partial charge in [-0.25, -0.2) is 9.07 Å². The third-order valence-corrected chi connectivity index (χ3v) is 4.86. The van der Waals surface area contributed by atoms with E-state index in [4.69, 9.17) is 0 Å². The van der Waals surface area contributed by atoms with Gasteiger partial charge in [0.2, 0.25) is 0 Å². The monoisotopic (exact) mass is 349 g/mol. The molecule has 5 heteroatoms. The molecule has 1 atom stereocenters. The molecule has 3 aromatic rings. The summed E-state index contributed by atoms with van der Waals surface area (Å²) in [5.74, 6) is -0.451. The van der Waals surface area contributed by atoms with Crippen molar-refractivity contribution in [2.45, 2.75) is 32.2 Å². The maximum atomic E-state index is 13.2. The van der Waals surface area contributed by atoms with Crippen molar-refractivity contribution in [2.75, 3.05) is 0 Å². The topological polar surface area (TPSA) is 46.9 Å². The van der Waals surface area contributed by atoms with Gasteiger partial charge in [0.25, 0.3) is 5.91 Å². The molecular formula is C21H20FN3O. The third kappa shape index (κ3) is 3.01. The van der Waals surface area contributed by atoms with Crippen LogP contribution in [0.5, 0.6) is 0 Å². The number of amides is 1. The zero-order valence-electron chi connectivity index (χ0n) is 14.6. The second-order valence-electron chi connectivity index (χ2n) is 6.62. The van der Waals surface area contributed by atoms with Crippen LogP contribution in [0, 0.1) is 5.82 Å². The Morgan fingerprint density at radius 2 is 1.85 bits per heavy atom. The van der Waals surface area contributed by atoms with Gasteiger partial charge < -0.3 is 5.32 Å². The van der Waals surface area contributed by atoms with Crippen LogP contribution in [0.2, 0.25) is 0 Å². The van der Waals surface area contributed by atoms with E-state index in [1.807, 2.05) is 37.3 Å². The number of halogens is 1. The number of fused-ring (bicyclic) bond motifs is 1. The van der Waals surface area contributed by atoms with E-state index in [2.05, 4.69) is 10.4 Å². The lowest BCUT2D eigenvalue weighted by atomic mass is 10.1. The van der Waals surface area contributed by atoms with Crippen molar-refractivity contribution in [1.82, 2.24) is 15.1 Å². The van der Waals surface area contributed by atoms with Gasteiger partial charge in [0.1, 0.15) is 5.82 Å². The van der Waals surface area contributed by atoms with Gasteiger partial charge in [-0.1, -0.05) is 30.3 Å². The highest BCUT2D eigenvalue weighted by molar-refractivity contribution is 5.94. The average Bonchev–Trinajstić information content (AvgIpc) is 3.26. The molecule has 0 bridgehead atoms. The third-order valence-electron chi connectivity index (χ3n) is 4.86. The molecular weight excluding hydrogens is 329 g/mol. The Bertz CT molecular complexity index is 932. The second kappa shape index (κ2) is 6.75. The van der Waals surface area contributed by atoms with Crippen LogP contribution < -0.4 is 5.32 Å². The fraction of sp³-hybridized carbons (Fsp3) is 0.238. The first-order valence-electron chi connectivity index (χ1n) is 8.86. The largest absolute Gasteiger partial charge is 0.344 e. The van der Waals surface area contributed by atoms with Crippen molar-refractivity contribution < 1.29 is 9.18 Å². The Balaban J connectivity index is 1.64. The molecule has 132 valence electrons. The predicted octanol–water partition coefficient (Wildman–Crippen LogP) is 3.99. The summed E-state index contributed by atoms with van der Waals surface area (Å²) in [6, 6.07) is 16.0. The number of nitrogens with zero attached hydrogens (tertiary/aromatic N) is 2. The van der Waals surface area contributed by atoms with Crippen LogP contribution in [-0.2, 0) is 12.8 Å². The smallest absolute Gasteiger partial charge is 0.272 e. The number of hydrogen-bond donors (Lipinski definition) is 1. The number of aromatic nitrogens is 2. The minimum Gasteiger partial charge on any atom is -0.344 e. The summed E-state index contributed by atoms with van der Waals surface area (Å²) in [7, 11) is 0. The molecule has 4 rings (SSSR count). The lowest BCUT2D eigenvalue weighted by Gasteiger charge is -2.13. The summed E-state index contributed by atoms with van der Waals surface area (Å²) >= 11 is 0. The predicted molar refractivity (Wildman–Crippen MR) is 97.9 cm³/mol. The molecule has 26 heavy (non-hydrogen) atoms. The molecule has 0 aliphatic heterocycles. The van der Waals surface area contributed by atoms with E-state index >= 15 is 0 Å². The van der Waals surface area contributed by atoms with Crippen LogP contribution in [0.4, 0.5) is 4.39 Å². The van der Waals surface area contributed by atoms with Gasteiger partial charge in [-0.15, -0.1) is 0 Å². The summed E-state index contributed by atoms with van der Waals surface area (Å²) in [4.78, 5) is 12.8. The molecule has 1 aromatic heterocycles. The maximum Gasteiger partial charge on any atom is 0.272 e. The van der Waals surface area contributed by atoms with E-state index < -0.39 is 0 Å². The Morgan fingerprint density at radius 1 is 1.12 bits per heavy atom. The Hall–Kier alpha value is -2.95. The van der Waals surface area contributed by atoms with Crippen molar-refractivity contribution in [2.24, 2.45) is 0 Å². The van der Waals surface area contributed by atoms with Gasteiger partial charge in [0, 0.05) is 11.3 Å². The lowest BCUT2D eigenvalue weighted by Crippen LogP contribution is -2.27. The number of benzene rings is 2. The van der Waals surface area contributed by atoms with E-state index in [0.717, 1.165) is 41.8 Å². The molecule has 0 spiro atoms. The highest BCUT2D eigenvalue weighted by Gasteiger charge is 2.27. The first-order valence-corrected chi connectivity index (χ1v) is 8.86. The molecule has 0 radical (unpaired) electrons. The van der Waals surface area contributed by atoms with E-state index in [9.17, 15) is 9.18 Å². The van der Waals surface area contributed by atoms with Gasteiger partial charge in [-0.3, -0.25) is 4.79 Å². The summed E-state index contributed by atoms with van der Waals surface area (Å²) in [5.41, 5.74) is 4.36. The Labute approximate surface area is 151 Å². The number of nitrogens with one attached hydrogen (secondary N) is 1. The van der Waals surface area contributed by atoms with E-state index in [1.54, 1.807) is 16.8 Å². The second-order valence-corrected chi connectivity index (χ2v) is 6.62. The van der Waals surface area contributed by atoms with Crippen molar-refractivity contribution in [3.05, 3.63) is 82.9 Å². The molecule has 0 fully saturated rings. The molecule has 1 aliphatic carbocycles. The summed E-state index contributed by atoms with van der Waals surface area (Å²) in [6.45, 7) is 1.96. The average molecular weight is 349 g/mol. The molecule has 1 N–H and O–H groups in total. The molecule has 2 aromatic carbocycles. The molecule has 0 saturated heterocycles. The van der Waals surface area contributed by atoms with Crippen LogP contribution in [-0.4, -0.2) is 15.7 Å². The summed E-state index contributed by atoms with van der Waals surface area (Å²) in [6.07, 6.45) is 2.73. The standard InChI is InChI=1S/C21H20FN3O/c1-14(15-6-3-2-4-7-15)23-21(26)20-18-8-5-9-19(18)25(24-20)17-12-10-16(22)11-13-17/h2-4,6-7,10-14H,5,8-9H2,1H3,(H,23,26)/t14-/m1/s1. The van der Waals surface area contributed by atoms with E-state index in [0.29, 0.717) is 5.69 Å². The van der Waals surface area contributed by atoms with Crippen molar-refractivity contribution >= 4 is 5.91 Å². The number of carbonyl (C=O) groups is 1. The number of rotatable bonds is 4. The molecule has 1 aliphatic rings. The molecule has 4 nitrogen and oxygen atoms in total. The van der Waals surface area contributed by atoms with Gasteiger partial charge in [0.15, 0.2) is 5.69 Å². The molecule has 1 heterocycles. The van der Waals surface area contributed by atoms with E-state index in [1.165, 1.54) is 12.1 Å². The number of hydrogen-bond acceptors (Lipinski definition) is 2. The quantitative estimate of drug-likeness (QED) is 0.774. The SMILES string of the molecule is C[C@@H](NC(=O)c1nn(-c2ccc(F)cc2)c2c1CCC2)c1ccccc1. The summed E-state index contributed by atoms with van der Waals surface area (Å²) < 4.78 is 15.0. The maximum absolute atomic E-state index is 13.2. The lowest BCUT2D eigenvalue weighted by molar-refractivity contribution is 0.0933. The Morgan fingerprint density at radius 3 is 2.58 bits per heavy atom. The van der Waals surface area contributed by atoms with Crippen LogP contribution in [0.1, 0.15) is 46.7 Å². The highest BCUT2D eigenvalue weighted by Crippen LogP contribution is 2.28. The first kappa shape index (κ1) is 16.5. The molecule has 0 saturated carbocycles. The number of carbonyl (C=O) groups excluding carboxylic acids is 1. The van der Waals surface area contributed by atoms with Crippen LogP contribution in [0.3, 0.4) is 0 Å². The zero-order chi connectivity index (χ0) is 18.1. The van der Waals surface area contributed by atoms with Crippen LogP contribution in [0.15, 0.2) is 54.6 Å². The Kier molecular flexibility index (Phi) is 4.29. The highest BCUT2D eigenvalue weighted by atomic mass is 19.1.